The standard InChI is InChI=1S/C13H22N2O2/c1-9-7-15(8-12(9)10(2)16)13(17)11-3-5-14-6-4-11/h9,11-12,14H,3-8H2,1-2H3. The molecule has 17 heavy (non-hydrogen) atoms. The van der Waals surface area contributed by atoms with Crippen molar-refractivity contribution in [2.45, 2.75) is 26.7 Å². The highest BCUT2D eigenvalue weighted by molar-refractivity contribution is 5.83. The second kappa shape index (κ2) is 5.17. The van der Waals surface area contributed by atoms with E-state index in [1.54, 1.807) is 6.92 Å². The topological polar surface area (TPSA) is 49.4 Å². The first-order chi connectivity index (χ1) is 8.09. The molecule has 4 heteroatoms. The van der Waals surface area contributed by atoms with Gasteiger partial charge in [-0.15, -0.1) is 0 Å². The highest BCUT2D eigenvalue weighted by Crippen LogP contribution is 2.26. The van der Waals surface area contributed by atoms with Gasteiger partial charge in [-0.25, -0.2) is 0 Å². The fraction of sp³-hybridized carbons (Fsp3) is 0.846. The average Bonchev–Trinajstić information content (AvgIpc) is 2.71. The quantitative estimate of drug-likeness (QED) is 0.769. The van der Waals surface area contributed by atoms with Crippen LogP contribution in [0.2, 0.25) is 0 Å². The van der Waals surface area contributed by atoms with Crippen molar-refractivity contribution in [2.24, 2.45) is 17.8 Å². The van der Waals surface area contributed by atoms with E-state index >= 15 is 0 Å². The molecule has 0 radical (unpaired) electrons. The largest absolute Gasteiger partial charge is 0.341 e. The predicted molar refractivity (Wildman–Crippen MR) is 65.5 cm³/mol. The molecule has 1 N–H and O–H groups in total. The maximum Gasteiger partial charge on any atom is 0.225 e. The molecule has 4 nitrogen and oxygen atoms in total. The number of hydrogen-bond acceptors (Lipinski definition) is 3. The molecule has 2 aliphatic heterocycles. The van der Waals surface area contributed by atoms with Crippen molar-refractivity contribution in [3.8, 4) is 0 Å². The Hall–Kier alpha value is -0.900. The van der Waals surface area contributed by atoms with E-state index in [1.165, 1.54) is 0 Å². The Morgan fingerprint density at radius 1 is 1.18 bits per heavy atom. The Morgan fingerprint density at radius 2 is 1.82 bits per heavy atom. The molecule has 0 aliphatic carbocycles. The van der Waals surface area contributed by atoms with Crippen molar-refractivity contribution in [2.75, 3.05) is 26.2 Å². The Kier molecular flexibility index (Phi) is 3.82. The van der Waals surface area contributed by atoms with Gasteiger partial charge in [-0.3, -0.25) is 9.59 Å². The molecule has 2 fully saturated rings. The van der Waals surface area contributed by atoms with Gasteiger partial charge in [-0.1, -0.05) is 6.92 Å². The molecule has 2 unspecified atom stereocenters. The molecule has 2 saturated heterocycles. The highest BCUT2D eigenvalue weighted by atomic mass is 16.2. The van der Waals surface area contributed by atoms with Gasteiger partial charge in [0, 0.05) is 24.9 Å². The molecular formula is C13H22N2O2. The molecule has 2 heterocycles. The number of nitrogens with one attached hydrogen (secondary N) is 1. The monoisotopic (exact) mass is 238 g/mol. The van der Waals surface area contributed by atoms with E-state index in [0.29, 0.717) is 12.5 Å². The molecule has 0 spiro atoms. The third kappa shape index (κ3) is 2.68. The van der Waals surface area contributed by atoms with Crippen LogP contribution < -0.4 is 5.32 Å². The zero-order valence-corrected chi connectivity index (χ0v) is 10.7. The van der Waals surface area contributed by atoms with Crippen molar-refractivity contribution in [3.63, 3.8) is 0 Å². The maximum absolute atomic E-state index is 12.3. The number of Topliss-reactive ketones (excluding diaryl/α,β-unsaturated/α-hetero) is 1. The van der Waals surface area contributed by atoms with Gasteiger partial charge in [-0.05, 0) is 38.8 Å². The van der Waals surface area contributed by atoms with E-state index in [-0.39, 0.29) is 23.5 Å². The molecule has 0 saturated carbocycles. The molecule has 0 aromatic heterocycles. The normalized spacial score (nSPS) is 30.6. The van der Waals surface area contributed by atoms with E-state index in [1.807, 2.05) is 4.90 Å². The van der Waals surface area contributed by atoms with Crippen molar-refractivity contribution in [3.05, 3.63) is 0 Å². The van der Waals surface area contributed by atoms with Crippen LogP contribution in [0.5, 0.6) is 0 Å². The summed E-state index contributed by atoms with van der Waals surface area (Å²) >= 11 is 0. The number of piperidine rings is 1. The third-order valence-electron chi connectivity index (χ3n) is 4.13. The van der Waals surface area contributed by atoms with Crippen LogP contribution in [0.1, 0.15) is 26.7 Å². The van der Waals surface area contributed by atoms with Gasteiger partial charge >= 0.3 is 0 Å². The Balaban J connectivity index is 1.94. The number of ketones is 1. The minimum Gasteiger partial charge on any atom is -0.341 e. The SMILES string of the molecule is CC(=O)C1CN(C(=O)C2CCNCC2)CC1C. The third-order valence-corrected chi connectivity index (χ3v) is 4.13. The summed E-state index contributed by atoms with van der Waals surface area (Å²) in [4.78, 5) is 25.7. The number of rotatable bonds is 2. The lowest BCUT2D eigenvalue weighted by atomic mass is 9.95. The van der Waals surface area contributed by atoms with Crippen LogP contribution in [0.25, 0.3) is 0 Å². The molecule has 0 aromatic rings. The van der Waals surface area contributed by atoms with Crippen molar-refractivity contribution in [1.82, 2.24) is 10.2 Å². The minimum atomic E-state index is 0.0562. The number of nitrogens with zero attached hydrogens (tertiary/aromatic N) is 1. The minimum absolute atomic E-state index is 0.0562. The van der Waals surface area contributed by atoms with Gasteiger partial charge in [0.15, 0.2) is 0 Å². The number of amides is 1. The molecule has 96 valence electrons. The zero-order chi connectivity index (χ0) is 12.4. The first-order valence-electron chi connectivity index (χ1n) is 6.59. The van der Waals surface area contributed by atoms with Crippen LogP contribution in [0.15, 0.2) is 0 Å². The molecule has 0 bridgehead atoms. The summed E-state index contributed by atoms with van der Waals surface area (Å²) in [5, 5.41) is 3.27. The van der Waals surface area contributed by atoms with Crippen LogP contribution >= 0.6 is 0 Å². The van der Waals surface area contributed by atoms with Crippen LogP contribution in [0, 0.1) is 17.8 Å². The second-order valence-electron chi connectivity index (χ2n) is 5.46. The lowest BCUT2D eigenvalue weighted by molar-refractivity contribution is -0.135. The fourth-order valence-corrected chi connectivity index (χ4v) is 3.00. The van der Waals surface area contributed by atoms with Crippen molar-refractivity contribution < 1.29 is 9.59 Å². The van der Waals surface area contributed by atoms with E-state index in [0.717, 1.165) is 32.5 Å². The maximum atomic E-state index is 12.3. The van der Waals surface area contributed by atoms with Crippen LogP contribution in [0.3, 0.4) is 0 Å². The molecule has 0 aromatic carbocycles. The summed E-state index contributed by atoms with van der Waals surface area (Å²) in [5.74, 6) is 1.04. The van der Waals surface area contributed by atoms with Gasteiger partial charge in [0.1, 0.15) is 5.78 Å². The van der Waals surface area contributed by atoms with Gasteiger partial charge in [-0.2, -0.15) is 0 Å². The van der Waals surface area contributed by atoms with Crippen molar-refractivity contribution >= 4 is 11.7 Å². The number of carbonyl (C=O) groups is 2. The van der Waals surface area contributed by atoms with Crippen LogP contribution in [0.4, 0.5) is 0 Å². The van der Waals surface area contributed by atoms with Gasteiger partial charge in [0.25, 0.3) is 0 Å². The number of carbonyl (C=O) groups excluding carboxylic acids is 2. The lowest BCUT2D eigenvalue weighted by Crippen LogP contribution is -2.40. The summed E-state index contributed by atoms with van der Waals surface area (Å²) in [6, 6.07) is 0. The smallest absolute Gasteiger partial charge is 0.225 e. The molecule has 2 rings (SSSR count). The summed E-state index contributed by atoms with van der Waals surface area (Å²) < 4.78 is 0. The predicted octanol–water partition coefficient (Wildman–Crippen LogP) is 0.669. The summed E-state index contributed by atoms with van der Waals surface area (Å²) in [7, 11) is 0. The first-order valence-corrected chi connectivity index (χ1v) is 6.59. The molecule has 2 atom stereocenters. The summed E-state index contributed by atoms with van der Waals surface area (Å²) in [6.07, 6.45) is 1.88. The van der Waals surface area contributed by atoms with Crippen LogP contribution in [-0.2, 0) is 9.59 Å². The van der Waals surface area contributed by atoms with Crippen molar-refractivity contribution in [1.29, 1.82) is 0 Å². The van der Waals surface area contributed by atoms with E-state index in [4.69, 9.17) is 0 Å². The van der Waals surface area contributed by atoms with E-state index in [9.17, 15) is 9.59 Å². The van der Waals surface area contributed by atoms with Crippen LogP contribution in [-0.4, -0.2) is 42.8 Å². The van der Waals surface area contributed by atoms with E-state index < -0.39 is 0 Å². The lowest BCUT2D eigenvalue weighted by Gasteiger charge is -2.26. The average molecular weight is 238 g/mol. The van der Waals surface area contributed by atoms with Gasteiger partial charge < -0.3 is 10.2 Å². The first kappa shape index (κ1) is 12.6. The Morgan fingerprint density at radius 3 is 2.35 bits per heavy atom. The zero-order valence-electron chi connectivity index (χ0n) is 10.7. The van der Waals surface area contributed by atoms with E-state index in [2.05, 4.69) is 12.2 Å². The summed E-state index contributed by atoms with van der Waals surface area (Å²) in [6.45, 7) is 6.99. The molecule has 1 amide bonds. The second-order valence-corrected chi connectivity index (χ2v) is 5.46. The Labute approximate surface area is 103 Å². The number of hydrogen-bond donors (Lipinski definition) is 1. The van der Waals surface area contributed by atoms with Gasteiger partial charge in [0.05, 0.1) is 0 Å². The fourth-order valence-electron chi connectivity index (χ4n) is 3.00. The Bertz CT molecular complexity index is 311. The molecular weight excluding hydrogens is 216 g/mol. The summed E-state index contributed by atoms with van der Waals surface area (Å²) in [5.41, 5.74) is 0. The van der Waals surface area contributed by atoms with Gasteiger partial charge in [0.2, 0.25) is 5.91 Å². The highest BCUT2D eigenvalue weighted by Gasteiger charge is 2.37. The number of likely N-dealkylation sites (tertiary alicyclic amines) is 1. The molecule has 2 aliphatic rings.